The third-order valence-corrected chi connectivity index (χ3v) is 3.23. The summed E-state index contributed by atoms with van der Waals surface area (Å²) in [5.41, 5.74) is 1.30. The lowest BCUT2D eigenvalue weighted by Gasteiger charge is -2.05. The third-order valence-electron chi connectivity index (χ3n) is 2.70. The zero-order chi connectivity index (χ0) is 14.5. The van der Waals surface area contributed by atoms with Gasteiger partial charge in [-0.3, -0.25) is 14.9 Å². The second-order valence-electron chi connectivity index (χ2n) is 4.09. The van der Waals surface area contributed by atoms with E-state index in [1.54, 1.807) is 36.4 Å². The summed E-state index contributed by atoms with van der Waals surface area (Å²) < 4.78 is 0.914. The van der Waals surface area contributed by atoms with Crippen LogP contribution in [0.4, 0.5) is 11.4 Å². The number of nitro groups is 1. The highest BCUT2D eigenvalue weighted by Crippen LogP contribution is 2.16. The molecule has 2 aromatic rings. The maximum Gasteiger partial charge on any atom is 0.269 e. The van der Waals surface area contributed by atoms with Crippen molar-refractivity contribution in [3.05, 3.63) is 68.7 Å². The van der Waals surface area contributed by atoms with Gasteiger partial charge in [0.2, 0.25) is 0 Å². The second-order valence-corrected chi connectivity index (χ2v) is 5.00. The molecule has 0 unspecified atom stereocenters. The van der Waals surface area contributed by atoms with E-state index >= 15 is 0 Å². The van der Waals surface area contributed by atoms with Gasteiger partial charge in [-0.15, -0.1) is 0 Å². The average Bonchev–Trinajstić information content (AvgIpc) is 2.46. The molecule has 0 saturated carbocycles. The van der Waals surface area contributed by atoms with Gasteiger partial charge < -0.3 is 5.32 Å². The van der Waals surface area contributed by atoms with Crippen LogP contribution in [-0.4, -0.2) is 17.3 Å². The van der Waals surface area contributed by atoms with Crippen molar-refractivity contribution in [2.24, 2.45) is 0 Å². The number of nitrogens with zero attached hydrogens (tertiary/aromatic N) is 1. The first-order valence-electron chi connectivity index (χ1n) is 5.83. The van der Waals surface area contributed by atoms with E-state index in [1.165, 1.54) is 12.1 Å². The number of halogens is 1. The molecule has 0 aromatic heterocycles. The van der Waals surface area contributed by atoms with Crippen LogP contribution in [0, 0.1) is 10.1 Å². The van der Waals surface area contributed by atoms with Crippen LogP contribution in [-0.2, 0) is 0 Å². The Bertz CT molecular complexity index is 624. The maximum atomic E-state index is 11.9. The van der Waals surface area contributed by atoms with Gasteiger partial charge >= 0.3 is 0 Å². The molecule has 0 amide bonds. The summed E-state index contributed by atoms with van der Waals surface area (Å²) in [6, 6.07) is 13.0. The van der Waals surface area contributed by atoms with Gasteiger partial charge in [0, 0.05) is 27.9 Å². The highest BCUT2D eigenvalue weighted by Gasteiger charge is 2.07. The number of hydrogen-bond acceptors (Lipinski definition) is 4. The van der Waals surface area contributed by atoms with Crippen molar-refractivity contribution in [1.29, 1.82) is 0 Å². The molecule has 0 bridgehead atoms. The third kappa shape index (κ3) is 3.64. The number of nitrogens with one attached hydrogen (secondary N) is 1. The van der Waals surface area contributed by atoms with E-state index in [1.807, 2.05) is 0 Å². The van der Waals surface area contributed by atoms with Gasteiger partial charge in [-0.2, -0.15) is 0 Å². The average molecular weight is 335 g/mol. The number of carbonyl (C=O) groups is 1. The number of rotatable bonds is 5. The molecule has 0 heterocycles. The highest BCUT2D eigenvalue weighted by molar-refractivity contribution is 9.10. The van der Waals surface area contributed by atoms with Crippen LogP contribution < -0.4 is 5.32 Å². The zero-order valence-electron chi connectivity index (χ0n) is 10.4. The summed E-state index contributed by atoms with van der Waals surface area (Å²) in [5, 5.41) is 13.5. The van der Waals surface area contributed by atoms with Crippen LogP contribution in [0.15, 0.2) is 53.0 Å². The van der Waals surface area contributed by atoms with Crippen LogP contribution in [0.1, 0.15) is 10.4 Å². The molecule has 0 atom stereocenters. The molecule has 6 heteroatoms. The molecule has 2 rings (SSSR count). The molecular formula is C14H11BrN2O3. The van der Waals surface area contributed by atoms with Gasteiger partial charge in [0.1, 0.15) is 0 Å². The van der Waals surface area contributed by atoms with Crippen molar-refractivity contribution in [1.82, 2.24) is 0 Å². The van der Waals surface area contributed by atoms with Crippen molar-refractivity contribution in [2.45, 2.75) is 0 Å². The molecule has 2 aromatic carbocycles. The first-order valence-corrected chi connectivity index (χ1v) is 6.62. The van der Waals surface area contributed by atoms with E-state index in [2.05, 4.69) is 21.2 Å². The Morgan fingerprint density at radius 2 is 1.70 bits per heavy atom. The van der Waals surface area contributed by atoms with E-state index in [-0.39, 0.29) is 18.0 Å². The van der Waals surface area contributed by atoms with Gasteiger partial charge in [-0.25, -0.2) is 0 Å². The quantitative estimate of drug-likeness (QED) is 0.514. The number of benzene rings is 2. The molecule has 0 aliphatic heterocycles. The molecule has 0 aliphatic carbocycles. The molecule has 0 spiro atoms. The Hall–Kier alpha value is -2.21. The van der Waals surface area contributed by atoms with Crippen LogP contribution in [0.3, 0.4) is 0 Å². The number of ketones is 1. The lowest BCUT2D eigenvalue weighted by Crippen LogP contribution is -2.13. The summed E-state index contributed by atoms with van der Waals surface area (Å²) in [5.74, 6) is -0.0455. The fraction of sp³-hybridized carbons (Fsp3) is 0.0714. The fourth-order valence-electron chi connectivity index (χ4n) is 1.62. The smallest absolute Gasteiger partial charge is 0.269 e. The predicted octanol–water partition coefficient (Wildman–Crippen LogP) is 3.65. The number of carbonyl (C=O) groups excluding carboxylic acids is 1. The van der Waals surface area contributed by atoms with E-state index in [4.69, 9.17) is 0 Å². The molecule has 0 fully saturated rings. The first-order chi connectivity index (χ1) is 9.56. The van der Waals surface area contributed by atoms with Crippen LogP contribution >= 0.6 is 15.9 Å². The van der Waals surface area contributed by atoms with Crippen LogP contribution in [0.5, 0.6) is 0 Å². The molecule has 5 nitrogen and oxygen atoms in total. The Kier molecular flexibility index (Phi) is 4.47. The Labute approximate surface area is 123 Å². The standard InChI is InChI=1S/C14H11BrN2O3/c15-11-3-1-10(2-4-11)14(18)9-16-12-5-7-13(8-6-12)17(19)20/h1-8,16H,9H2. The van der Waals surface area contributed by atoms with E-state index in [0.29, 0.717) is 11.3 Å². The summed E-state index contributed by atoms with van der Waals surface area (Å²) >= 11 is 3.31. The number of Topliss-reactive ketones (excluding diaryl/α,β-unsaturated/α-hetero) is 1. The van der Waals surface area contributed by atoms with Gasteiger partial charge in [0.15, 0.2) is 5.78 Å². The molecule has 0 aliphatic rings. The summed E-state index contributed by atoms with van der Waals surface area (Å²) in [6.07, 6.45) is 0. The van der Waals surface area contributed by atoms with E-state index < -0.39 is 4.92 Å². The Morgan fingerprint density at radius 1 is 1.10 bits per heavy atom. The van der Waals surface area contributed by atoms with Crippen molar-refractivity contribution in [2.75, 3.05) is 11.9 Å². The second kappa shape index (κ2) is 6.29. The van der Waals surface area contributed by atoms with Crippen molar-refractivity contribution in [3.63, 3.8) is 0 Å². The number of anilines is 1. The zero-order valence-corrected chi connectivity index (χ0v) is 12.0. The molecule has 102 valence electrons. The van der Waals surface area contributed by atoms with Crippen molar-refractivity contribution >= 4 is 33.1 Å². The van der Waals surface area contributed by atoms with Gasteiger partial charge in [0.05, 0.1) is 11.5 Å². The molecule has 0 saturated heterocycles. The first kappa shape index (κ1) is 14.2. The lowest BCUT2D eigenvalue weighted by atomic mass is 10.1. The number of non-ortho nitro benzene ring substituents is 1. The Balaban J connectivity index is 1.96. The Morgan fingerprint density at radius 3 is 2.25 bits per heavy atom. The molecule has 1 N–H and O–H groups in total. The number of nitro benzene ring substituents is 1. The van der Waals surface area contributed by atoms with Gasteiger partial charge in [0.25, 0.3) is 5.69 Å². The largest absolute Gasteiger partial charge is 0.378 e. The van der Waals surface area contributed by atoms with Crippen molar-refractivity contribution < 1.29 is 9.72 Å². The lowest BCUT2D eigenvalue weighted by molar-refractivity contribution is -0.384. The highest BCUT2D eigenvalue weighted by atomic mass is 79.9. The van der Waals surface area contributed by atoms with Gasteiger partial charge in [-0.05, 0) is 24.3 Å². The van der Waals surface area contributed by atoms with Crippen molar-refractivity contribution in [3.8, 4) is 0 Å². The normalized spacial score (nSPS) is 10.1. The predicted molar refractivity (Wildman–Crippen MR) is 80.1 cm³/mol. The minimum Gasteiger partial charge on any atom is -0.378 e. The summed E-state index contributed by atoms with van der Waals surface area (Å²) in [4.78, 5) is 22.0. The van der Waals surface area contributed by atoms with Crippen LogP contribution in [0.25, 0.3) is 0 Å². The van der Waals surface area contributed by atoms with E-state index in [9.17, 15) is 14.9 Å². The summed E-state index contributed by atoms with van der Waals surface area (Å²) in [6.45, 7) is 0.138. The number of hydrogen-bond donors (Lipinski definition) is 1. The topological polar surface area (TPSA) is 72.2 Å². The minimum absolute atomic E-state index is 0.0230. The fourth-order valence-corrected chi connectivity index (χ4v) is 1.89. The van der Waals surface area contributed by atoms with Gasteiger partial charge in [-0.1, -0.05) is 28.1 Å². The summed E-state index contributed by atoms with van der Waals surface area (Å²) in [7, 11) is 0. The minimum atomic E-state index is -0.462. The maximum absolute atomic E-state index is 11.9. The molecular weight excluding hydrogens is 324 g/mol. The molecule has 20 heavy (non-hydrogen) atoms. The SMILES string of the molecule is O=C(CNc1ccc([N+](=O)[O-])cc1)c1ccc(Br)cc1. The monoisotopic (exact) mass is 334 g/mol. The van der Waals surface area contributed by atoms with Crippen LogP contribution in [0.2, 0.25) is 0 Å². The molecule has 0 radical (unpaired) electrons. The van der Waals surface area contributed by atoms with E-state index in [0.717, 1.165) is 4.47 Å².